The Balaban J connectivity index is 2.22. The zero-order valence-electron chi connectivity index (χ0n) is 15.8. The highest BCUT2D eigenvalue weighted by molar-refractivity contribution is 5.93. The van der Waals surface area contributed by atoms with Gasteiger partial charge in [0.15, 0.2) is 6.04 Å². The van der Waals surface area contributed by atoms with Crippen LogP contribution in [0.15, 0.2) is 24.3 Å². The van der Waals surface area contributed by atoms with Crippen LogP contribution in [0.3, 0.4) is 0 Å². The first kappa shape index (κ1) is 21.4. The summed E-state index contributed by atoms with van der Waals surface area (Å²) in [5, 5.41) is 23.3. The van der Waals surface area contributed by atoms with Gasteiger partial charge < -0.3 is 15.7 Å². The third-order valence-corrected chi connectivity index (χ3v) is 4.64. The highest BCUT2D eigenvalue weighted by Crippen LogP contribution is 2.24. The summed E-state index contributed by atoms with van der Waals surface area (Å²) in [6.07, 6.45) is 0.309. The van der Waals surface area contributed by atoms with Gasteiger partial charge in [0, 0.05) is 18.8 Å². The van der Waals surface area contributed by atoms with Gasteiger partial charge in [-0.25, -0.2) is 10.3 Å². The number of rotatable bonds is 7. The Labute approximate surface area is 162 Å². The van der Waals surface area contributed by atoms with Gasteiger partial charge in [0.2, 0.25) is 17.7 Å². The molecule has 9 heteroatoms. The minimum Gasteiger partial charge on any atom is -0.479 e. The summed E-state index contributed by atoms with van der Waals surface area (Å²) >= 11 is 0. The van der Waals surface area contributed by atoms with Crippen LogP contribution in [0, 0.1) is 11.8 Å². The number of hydroxylamine groups is 1. The van der Waals surface area contributed by atoms with Crippen LogP contribution in [0.5, 0.6) is 0 Å². The van der Waals surface area contributed by atoms with E-state index in [9.17, 15) is 24.3 Å². The van der Waals surface area contributed by atoms with Crippen LogP contribution in [0.2, 0.25) is 0 Å². The Morgan fingerprint density at radius 3 is 2.54 bits per heavy atom. The predicted octanol–water partition coefficient (Wildman–Crippen LogP) is 0.527. The van der Waals surface area contributed by atoms with Crippen molar-refractivity contribution in [1.82, 2.24) is 16.1 Å². The average Bonchev–Trinajstić information content (AvgIpc) is 2.77. The molecule has 1 aliphatic rings. The van der Waals surface area contributed by atoms with Crippen molar-refractivity contribution < 1.29 is 29.5 Å². The molecule has 0 spiro atoms. The fourth-order valence-corrected chi connectivity index (χ4v) is 3.36. The number of hydrogen-bond donors (Lipinski definition) is 5. The minimum absolute atomic E-state index is 0.113. The highest BCUT2D eigenvalue weighted by atomic mass is 16.5. The second kappa shape index (κ2) is 9.32. The van der Waals surface area contributed by atoms with E-state index in [1.54, 1.807) is 24.3 Å². The van der Waals surface area contributed by atoms with Crippen molar-refractivity contribution >= 4 is 23.7 Å². The Bertz CT molecular complexity index is 764. The molecule has 9 nitrogen and oxygen atoms in total. The Hall–Kier alpha value is -2.94. The summed E-state index contributed by atoms with van der Waals surface area (Å²) in [5.74, 6) is -3.60. The molecule has 1 aromatic rings. The van der Waals surface area contributed by atoms with E-state index < -0.39 is 41.7 Å². The third kappa shape index (κ3) is 5.29. The topological polar surface area (TPSA) is 145 Å². The van der Waals surface area contributed by atoms with Crippen LogP contribution in [-0.2, 0) is 25.6 Å². The minimum atomic E-state index is -1.20. The monoisotopic (exact) mass is 391 g/mol. The summed E-state index contributed by atoms with van der Waals surface area (Å²) in [6, 6.07) is 4.61. The Morgan fingerprint density at radius 1 is 1.25 bits per heavy atom. The van der Waals surface area contributed by atoms with E-state index >= 15 is 0 Å². The zero-order chi connectivity index (χ0) is 20.8. The molecule has 152 valence electrons. The SMILES string of the molecule is CC(C)C[C@H](CC(=O)NO)C(=O)N[C@H]1Cc2ccccc2[C@H](C(=O)O)NC1=O. The van der Waals surface area contributed by atoms with Gasteiger partial charge in [-0.05, 0) is 23.5 Å². The quantitative estimate of drug-likeness (QED) is 0.339. The van der Waals surface area contributed by atoms with Gasteiger partial charge in [-0.15, -0.1) is 0 Å². The summed E-state index contributed by atoms with van der Waals surface area (Å²) in [4.78, 5) is 48.3. The van der Waals surface area contributed by atoms with Crippen LogP contribution in [0.4, 0.5) is 0 Å². The van der Waals surface area contributed by atoms with Gasteiger partial charge >= 0.3 is 5.97 Å². The molecule has 1 aliphatic heterocycles. The lowest BCUT2D eigenvalue weighted by atomic mass is 9.92. The molecule has 3 amide bonds. The molecule has 0 unspecified atom stereocenters. The van der Waals surface area contributed by atoms with Crippen molar-refractivity contribution in [2.24, 2.45) is 11.8 Å². The van der Waals surface area contributed by atoms with Crippen molar-refractivity contribution in [3.8, 4) is 0 Å². The first-order valence-electron chi connectivity index (χ1n) is 9.07. The van der Waals surface area contributed by atoms with E-state index in [0.29, 0.717) is 17.5 Å². The maximum Gasteiger partial charge on any atom is 0.330 e. The van der Waals surface area contributed by atoms with Crippen molar-refractivity contribution in [1.29, 1.82) is 0 Å². The number of aliphatic carboxylic acids is 1. The van der Waals surface area contributed by atoms with Gasteiger partial charge in [0.25, 0.3) is 0 Å². The van der Waals surface area contributed by atoms with Crippen molar-refractivity contribution in [2.45, 2.75) is 45.2 Å². The molecule has 0 saturated carbocycles. The maximum absolute atomic E-state index is 12.7. The standard InChI is InChI=1S/C19H25N3O6/c1-10(2)7-12(9-15(23)22-28)17(24)20-14-8-11-5-3-4-6-13(11)16(19(26)27)21-18(14)25/h3-6,10,12,14,16,28H,7-9H2,1-2H3,(H,20,24)(H,21,25)(H,22,23)(H,26,27)/t12-,14+,16-/m1/s1. The number of carbonyl (C=O) groups is 4. The lowest BCUT2D eigenvalue weighted by Crippen LogP contribution is -2.50. The van der Waals surface area contributed by atoms with Crippen LogP contribution >= 0.6 is 0 Å². The molecule has 0 aromatic heterocycles. The van der Waals surface area contributed by atoms with Crippen LogP contribution in [0.25, 0.3) is 0 Å². The van der Waals surface area contributed by atoms with Crippen molar-refractivity contribution in [3.63, 3.8) is 0 Å². The molecule has 0 fully saturated rings. The van der Waals surface area contributed by atoms with Gasteiger partial charge in [-0.1, -0.05) is 38.1 Å². The molecule has 1 heterocycles. The van der Waals surface area contributed by atoms with Crippen molar-refractivity contribution in [3.05, 3.63) is 35.4 Å². The molecule has 5 N–H and O–H groups in total. The number of nitrogens with one attached hydrogen (secondary N) is 3. The molecule has 0 aliphatic carbocycles. The third-order valence-electron chi connectivity index (χ3n) is 4.64. The lowest BCUT2D eigenvalue weighted by Gasteiger charge is -2.22. The molecule has 2 rings (SSSR count). The molecule has 0 saturated heterocycles. The van der Waals surface area contributed by atoms with E-state index in [2.05, 4.69) is 10.6 Å². The highest BCUT2D eigenvalue weighted by Gasteiger charge is 2.35. The number of carboxylic acids is 1. The summed E-state index contributed by atoms with van der Waals surface area (Å²) in [7, 11) is 0. The summed E-state index contributed by atoms with van der Waals surface area (Å²) in [6.45, 7) is 3.78. The van der Waals surface area contributed by atoms with Crippen LogP contribution < -0.4 is 16.1 Å². The summed E-state index contributed by atoms with van der Waals surface area (Å²) in [5.41, 5.74) is 2.63. The second-order valence-corrected chi connectivity index (χ2v) is 7.31. The Morgan fingerprint density at radius 2 is 1.93 bits per heavy atom. The number of benzene rings is 1. The number of carboxylic acid groups (broad SMARTS) is 1. The average molecular weight is 391 g/mol. The van der Waals surface area contributed by atoms with Crippen LogP contribution in [0.1, 0.15) is 43.9 Å². The van der Waals surface area contributed by atoms with E-state index in [4.69, 9.17) is 5.21 Å². The largest absolute Gasteiger partial charge is 0.479 e. The van der Waals surface area contributed by atoms with E-state index in [-0.39, 0.29) is 18.8 Å². The second-order valence-electron chi connectivity index (χ2n) is 7.31. The Kier molecular flexibility index (Phi) is 7.11. The van der Waals surface area contributed by atoms with Crippen LogP contribution in [-0.4, -0.2) is 40.0 Å². The summed E-state index contributed by atoms with van der Waals surface area (Å²) < 4.78 is 0. The molecule has 0 bridgehead atoms. The molecule has 3 atom stereocenters. The molecule has 0 radical (unpaired) electrons. The number of amides is 3. The van der Waals surface area contributed by atoms with E-state index in [1.165, 1.54) is 5.48 Å². The maximum atomic E-state index is 12.7. The zero-order valence-corrected chi connectivity index (χ0v) is 15.8. The lowest BCUT2D eigenvalue weighted by molar-refractivity contribution is -0.142. The molecule has 1 aromatic carbocycles. The molecule has 28 heavy (non-hydrogen) atoms. The predicted molar refractivity (Wildman–Crippen MR) is 98.1 cm³/mol. The van der Waals surface area contributed by atoms with Gasteiger partial charge in [0.05, 0.1) is 0 Å². The normalized spacial score (nSPS) is 19.8. The number of hydrogen-bond acceptors (Lipinski definition) is 5. The van der Waals surface area contributed by atoms with Crippen molar-refractivity contribution in [2.75, 3.05) is 0 Å². The molecular formula is C19H25N3O6. The smallest absolute Gasteiger partial charge is 0.330 e. The van der Waals surface area contributed by atoms with Gasteiger partial charge in [0.1, 0.15) is 6.04 Å². The first-order valence-corrected chi connectivity index (χ1v) is 9.07. The molecular weight excluding hydrogens is 366 g/mol. The fourth-order valence-electron chi connectivity index (χ4n) is 3.36. The number of fused-ring (bicyclic) bond motifs is 1. The fraction of sp³-hybridized carbons (Fsp3) is 0.474. The van der Waals surface area contributed by atoms with Gasteiger partial charge in [-0.2, -0.15) is 0 Å². The van der Waals surface area contributed by atoms with E-state index in [0.717, 1.165) is 0 Å². The number of carbonyl (C=O) groups excluding carboxylic acids is 3. The van der Waals surface area contributed by atoms with E-state index in [1.807, 2.05) is 13.8 Å². The van der Waals surface area contributed by atoms with Gasteiger partial charge in [-0.3, -0.25) is 19.6 Å². The first-order chi connectivity index (χ1) is 13.2.